The molecule has 14 heavy (non-hydrogen) atoms. The van der Waals surface area contributed by atoms with Crippen molar-refractivity contribution in [1.29, 1.82) is 0 Å². The molecule has 1 aromatic rings. The molecule has 0 aliphatic carbocycles. The summed E-state index contributed by atoms with van der Waals surface area (Å²) in [5.41, 5.74) is 7.06. The zero-order chi connectivity index (χ0) is 10.7. The number of nitrogens with one attached hydrogen (secondary N) is 1. The number of hydrogen-bond donors (Lipinski definition) is 2. The van der Waals surface area contributed by atoms with Crippen LogP contribution < -0.4 is 11.1 Å². The van der Waals surface area contributed by atoms with Crippen LogP contribution in [0.5, 0.6) is 0 Å². The number of nitrogens with two attached hydrogens (primary N) is 1. The van der Waals surface area contributed by atoms with Gasteiger partial charge < -0.3 is 11.1 Å². The molecule has 1 aromatic carbocycles. The summed E-state index contributed by atoms with van der Waals surface area (Å²) in [6, 6.07) is 4.79. The normalized spacial score (nSPS) is 12.3. The molecule has 1 unspecified atom stereocenters. The molecular formula is C10H13ClN2O. The highest BCUT2D eigenvalue weighted by Crippen LogP contribution is 2.19. The summed E-state index contributed by atoms with van der Waals surface area (Å²) in [6.07, 6.45) is 0. The van der Waals surface area contributed by atoms with E-state index >= 15 is 0 Å². The van der Waals surface area contributed by atoms with E-state index in [9.17, 15) is 4.79 Å². The minimum atomic E-state index is -0.508. The lowest BCUT2D eigenvalue weighted by Gasteiger charge is -2.08. The number of hydrogen-bond acceptors (Lipinski definition) is 2. The molecule has 3 N–H and O–H groups in total. The van der Waals surface area contributed by atoms with E-state index in [4.69, 9.17) is 17.3 Å². The van der Waals surface area contributed by atoms with Gasteiger partial charge in [0.15, 0.2) is 0 Å². The maximum absolute atomic E-state index is 11.2. The molecule has 1 amide bonds. The molecular weight excluding hydrogens is 200 g/mol. The minimum absolute atomic E-state index is 0.202. The van der Waals surface area contributed by atoms with Crippen molar-refractivity contribution in [3.05, 3.63) is 28.8 Å². The predicted octanol–water partition coefficient (Wildman–Crippen LogP) is 1.93. The molecule has 0 aromatic heterocycles. The Labute approximate surface area is 88.2 Å². The van der Waals surface area contributed by atoms with E-state index in [0.717, 1.165) is 5.56 Å². The van der Waals surface area contributed by atoms with E-state index in [0.29, 0.717) is 10.7 Å². The van der Waals surface area contributed by atoms with E-state index in [1.807, 2.05) is 13.0 Å². The quantitative estimate of drug-likeness (QED) is 0.787. The van der Waals surface area contributed by atoms with Crippen LogP contribution in [-0.2, 0) is 4.79 Å². The number of aryl methyl sites for hydroxylation is 1. The Morgan fingerprint density at radius 1 is 1.57 bits per heavy atom. The first kappa shape index (κ1) is 11.0. The lowest BCUT2D eigenvalue weighted by Crippen LogP contribution is -2.32. The number of amides is 1. The van der Waals surface area contributed by atoms with Gasteiger partial charge in [-0.25, -0.2) is 0 Å². The van der Waals surface area contributed by atoms with Gasteiger partial charge in [-0.2, -0.15) is 0 Å². The molecule has 3 nitrogen and oxygen atoms in total. The van der Waals surface area contributed by atoms with Gasteiger partial charge in [0.25, 0.3) is 0 Å². The number of benzene rings is 1. The van der Waals surface area contributed by atoms with Crippen molar-refractivity contribution in [2.45, 2.75) is 19.9 Å². The van der Waals surface area contributed by atoms with Crippen LogP contribution >= 0.6 is 11.6 Å². The van der Waals surface area contributed by atoms with E-state index < -0.39 is 6.04 Å². The van der Waals surface area contributed by atoms with Crippen LogP contribution in [0.3, 0.4) is 0 Å². The van der Waals surface area contributed by atoms with Crippen molar-refractivity contribution >= 4 is 23.2 Å². The summed E-state index contributed by atoms with van der Waals surface area (Å²) in [6.45, 7) is 3.52. The molecule has 0 heterocycles. The van der Waals surface area contributed by atoms with Gasteiger partial charge in [-0.05, 0) is 37.6 Å². The predicted molar refractivity (Wildman–Crippen MR) is 58.5 cm³/mol. The summed E-state index contributed by atoms with van der Waals surface area (Å²) < 4.78 is 0. The highest BCUT2D eigenvalue weighted by atomic mass is 35.5. The molecule has 0 radical (unpaired) electrons. The highest BCUT2D eigenvalue weighted by molar-refractivity contribution is 6.31. The summed E-state index contributed by atoms with van der Waals surface area (Å²) in [5, 5.41) is 3.37. The van der Waals surface area contributed by atoms with Crippen LogP contribution in [0.25, 0.3) is 0 Å². The van der Waals surface area contributed by atoms with Gasteiger partial charge in [-0.3, -0.25) is 4.79 Å². The second-order valence-corrected chi connectivity index (χ2v) is 3.65. The molecule has 0 saturated carbocycles. The summed E-state index contributed by atoms with van der Waals surface area (Å²) in [7, 11) is 0. The fraction of sp³-hybridized carbons (Fsp3) is 0.300. The largest absolute Gasteiger partial charge is 0.325 e. The first-order valence-corrected chi connectivity index (χ1v) is 4.71. The third kappa shape index (κ3) is 2.72. The molecule has 0 aliphatic rings. The monoisotopic (exact) mass is 212 g/mol. The standard InChI is InChI=1S/C10H13ClN2O/c1-6-5-8(3-4-9(6)11)13-10(14)7(2)12/h3-5,7H,12H2,1-2H3,(H,13,14). The average molecular weight is 213 g/mol. The fourth-order valence-electron chi connectivity index (χ4n) is 0.979. The second kappa shape index (κ2) is 4.44. The van der Waals surface area contributed by atoms with Crippen LogP contribution in [0, 0.1) is 6.92 Å². The first-order chi connectivity index (χ1) is 6.50. The highest BCUT2D eigenvalue weighted by Gasteiger charge is 2.07. The molecule has 0 spiro atoms. The van der Waals surface area contributed by atoms with Crippen LogP contribution in [0.15, 0.2) is 18.2 Å². The van der Waals surface area contributed by atoms with Crippen LogP contribution in [0.4, 0.5) is 5.69 Å². The van der Waals surface area contributed by atoms with Crippen molar-refractivity contribution in [3.8, 4) is 0 Å². The van der Waals surface area contributed by atoms with Crippen molar-refractivity contribution in [2.75, 3.05) is 5.32 Å². The van der Waals surface area contributed by atoms with E-state index in [2.05, 4.69) is 5.32 Å². The van der Waals surface area contributed by atoms with E-state index in [1.54, 1.807) is 19.1 Å². The zero-order valence-corrected chi connectivity index (χ0v) is 8.93. The second-order valence-electron chi connectivity index (χ2n) is 3.24. The zero-order valence-electron chi connectivity index (χ0n) is 8.17. The Morgan fingerprint density at radius 2 is 2.21 bits per heavy atom. The van der Waals surface area contributed by atoms with Crippen molar-refractivity contribution in [3.63, 3.8) is 0 Å². The molecule has 76 valence electrons. The minimum Gasteiger partial charge on any atom is -0.325 e. The topological polar surface area (TPSA) is 55.1 Å². The van der Waals surface area contributed by atoms with Crippen molar-refractivity contribution < 1.29 is 4.79 Å². The van der Waals surface area contributed by atoms with Crippen LogP contribution in [-0.4, -0.2) is 11.9 Å². The lowest BCUT2D eigenvalue weighted by molar-refractivity contribution is -0.117. The summed E-state index contributed by atoms with van der Waals surface area (Å²) in [5.74, 6) is -0.202. The number of halogens is 1. The molecule has 0 bridgehead atoms. The number of carbonyl (C=O) groups is 1. The Hall–Kier alpha value is -1.06. The number of rotatable bonds is 2. The van der Waals surface area contributed by atoms with Gasteiger partial charge in [0.1, 0.15) is 0 Å². The van der Waals surface area contributed by atoms with Gasteiger partial charge in [-0.15, -0.1) is 0 Å². The Bertz CT molecular complexity index is 350. The third-order valence-electron chi connectivity index (χ3n) is 1.84. The molecule has 4 heteroatoms. The van der Waals surface area contributed by atoms with Gasteiger partial charge in [-0.1, -0.05) is 11.6 Å². The number of anilines is 1. The van der Waals surface area contributed by atoms with Gasteiger partial charge in [0.2, 0.25) is 5.91 Å². The van der Waals surface area contributed by atoms with Crippen LogP contribution in [0.2, 0.25) is 5.02 Å². The van der Waals surface area contributed by atoms with E-state index in [1.165, 1.54) is 0 Å². The van der Waals surface area contributed by atoms with Crippen molar-refractivity contribution in [1.82, 2.24) is 0 Å². The molecule has 1 rings (SSSR count). The Balaban J connectivity index is 2.78. The van der Waals surface area contributed by atoms with Gasteiger partial charge >= 0.3 is 0 Å². The SMILES string of the molecule is Cc1cc(NC(=O)C(C)N)ccc1Cl. The van der Waals surface area contributed by atoms with Crippen LogP contribution in [0.1, 0.15) is 12.5 Å². The molecule has 1 atom stereocenters. The molecule has 0 aliphatic heterocycles. The summed E-state index contributed by atoms with van der Waals surface area (Å²) >= 11 is 5.84. The maximum Gasteiger partial charge on any atom is 0.240 e. The van der Waals surface area contributed by atoms with Gasteiger partial charge in [0, 0.05) is 10.7 Å². The smallest absolute Gasteiger partial charge is 0.240 e. The number of carbonyl (C=O) groups excluding carboxylic acids is 1. The Kier molecular flexibility index (Phi) is 3.49. The average Bonchev–Trinajstić information content (AvgIpc) is 2.11. The van der Waals surface area contributed by atoms with Gasteiger partial charge in [0.05, 0.1) is 6.04 Å². The lowest BCUT2D eigenvalue weighted by atomic mass is 10.2. The molecule has 0 fully saturated rings. The third-order valence-corrected chi connectivity index (χ3v) is 2.26. The fourth-order valence-corrected chi connectivity index (χ4v) is 1.10. The van der Waals surface area contributed by atoms with Crippen molar-refractivity contribution in [2.24, 2.45) is 5.73 Å². The Morgan fingerprint density at radius 3 is 2.71 bits per heavy atom. The summed E-state index contributed by atoms with van der Waals surface area (Å²) in [4.78, 5) is 11.2. The molecule has 0 saturated heterocycles. The first-order valence-electron chi connectivity index (χ1n) is 4.33. The maximum atomic E-state index is 11.2. The van der Waals surface area contributed by atoms with E-state index in [-0.39, 0.29) is 5.91 Å².